The SMILES string of the molecule is CC(C)=CC(=O)C=C(C)CCC[C@@]1(C)Oc2c(c(=O)oc3cc(O)ccc23)[C@@H]1C. The van der Waals surface area contributed by atoms with Crippen molar-refractivity contribution in [1.29, 1.82) is 0 Å². The fourth-order valence-electron chi connectivity index (χ4n) is 3.91. The Kier molecular flexibility index (Phi) is 5.69. The van der Waals surface area contributed by atoms with Gasteiger partial charge in [-0.05, 0) is 71.2 Å². The highest BCUT2D eigenvalue weighted by Gasteiger charge is 2.44. The van der Waals surface area contributed by atoms with Crippen molar-refractivity contribution < 1.29 is 19.1 Å². The molecule has 5 heteroatoms. The first-order chi connectivity index (χ1) is 13.6. The lowest BCUT2D eigenvalue weighted by Crippen LogP contribution is -2.33. The predicted octanol–water partition coefficient (Wildman–Crippen LogP) is 5.41. The molecule has 0 amide bonds. The number of rotatable bonds is 6. The van der Waals surface area contributed by atoms with E-state index < -0.39 is 11.2 Å². The minimum Gasteiger partial charge on any atom is -0.508 e. The van der Waals surface area contributed by atoms with Crippen LogP contribution in [0.3, 0.4) is 0 Å². The Labute approximate surface area is 170 Å². The topological polar surface area (TPSA) is 76.7 Å². The molecule has 0 spiro atoms. The molecule has 2 aromatic rings. The maximum absolute atomic E-state index is 12.5. The smallest absolute Gasteiger partial charge is 0.343 e. The van der Waals surface area contributed by atoms with Crippen molar-refractivity contribution in [2.75, 3.05) is 0 Å². The van der Waals surface area contributed by atoms with E-state index in [0.717, 1.165) is 30.4 Å². The van der Waals surface area contributed by atoms with E-state index in [4.69, 9.17) is 9.15 Å². The Morgan fingerprint density at radius 1 is 1.24 bits per heavy atom. The molecule has 0 radical (unpaired) electrons. The van der Waals surface area contributed by atoms with Crippen molar-refractivity contribution in [3.05, 3.63) is 57.5 Å². The number of ketones is 1. The number of carbonyl (C=O) groups is 1. The van der Waals surface area contributed by atoms with Crippen LogP contribution in [0, 0.1) is 0 Å². The Balaban J connectivity index is 1.77. The number of allylic oxidation sites excluding steroid dienone is 4. The molecule has 1 aromatic carbocycles. The molecule has 0 saturated heterocycles. The van der Waals surface area contributed by atoms with E-state index in [1.807, 2.05) is 34.6 Å². The van der Waals surface area contributed by atoms with Crippen molar-refractivity contribution in [3.63, 3.8) is 0 Å². The Hall–Kier alpha value is -2.82. The minimum absolute atomic E-state index is 0.0129. The standard InChI is InChI=1S/C24H28O5/c1-14(2)11-18(26)12-15(3)7-6-10-24(5)16(4)21-22(29-24)19-9-8-17(25)13-20(19)28-23(21)27/h8-9,11-13,16,25H,6-7,10H2,1-5H3/t16-,24+/m0/s1. The zero-order valence-corrected chi connectivity index (χ0v) is 17.7. The van der Waals surface area contributed by atoms with Gasteiger partial charge in [0, 0.05) is 12.0 Å². The van der Waals surface area contributed by atoms with Crippen molar-refractivity contribution in [1.82, 2.24) is 0 Å². The van der Waals surface area contributed by atoms with Crippen LogP contribution < -0.4 is 10.4 Å². The molecule has 0 unspecified atom stereocenters. The molecule has 3 rings (SSSR count). The Morgan fingerprint density at radius 2 is 1.97 bits per heavy atom. The molecular weight excluding hydrogens is 368 g/mol. The van der Waals surface area contributed by atoms with E-state index in [-0.39, 0.29) is 17.5 Å². The molecule has 0 bridgehead atoms. The number of hydrogen-bond acceptors (Lipinski definition) is 5. The Bertz CT molecular complexity index is 1070. The summed E-state index contributed by atoms with van der Waals surface area (Å²) in [5.41, 5.74) is 1.93. The van der Waals surface area contributed by atoms with Crippen molar-refractivity contribution in [3.8, 4) is 11.5 Å². The second-order valence-electron chi connectivity index (χ2n) is 8.42. The van der Waals surface area contributed by atoms with Crippen LogP contribution in [-0.4, -0.2) is 16.5 Å². The van der Waals surface area contributed by atoms with E-state index >= 15 is 0 Å². The first-order valence-corrected chi connectivity index (χ1v) is 9.95. The number of carbonyl (C=O) groups excluding carboxylic acids is 1. The van der Waals surface area contributed by atoms with Gasteiger partial charge in [0.1, 0.15) is 22.7 Å². The minimum atomic E-state index is -0.534. The quantitative estimate of drug-likeness (QED) is 0.522. The number of benzene rings is 1. The average molecular weight is 396 g/mol. The third-order valence-corrected chi connectivity index (χ3v) is 5.63. The van der Waals surface area contributed by atoms with Crippen molar-refractivity contribution >= 4 is 16.8 Å². The van der Waals surface area contributed by atoms with Crippen molar-refractivity contribution in [2.45, 2.75) is 65.4 Å². The van der Waals surface area contributed by atoms with Crippen LogP contribution in [0.25, 0.3) is 11.0 Å². The summed E-state index contributed by atoms with van der Waals surface area (Å²) >= 11 is 0. The maximum atomic E-state index is 12.5. The molecule has 29 heavy (non-hydrogen) atoms. The van der Waals surface area contributed by atoms with Gasteiger partial charge in [0.15, 0.2) is 5.78 Å². The molecule has 2 heterocycles. The van der Waals surface area contributed by atoms with Gasteiger partial charge in [-0.3, -0.25) is 4.79 Å². The van der Waals surface area contributed by atoms with Gasteiger partial charge in [0.25, 0.3) is 0 Å². The summed E-state index contributed by atoms with van der Waals surface area (Å²) in [6, 6.07) is 4.70. The number of phenols is 1. The van der Waals surface area contributed by atoms with E-state index in [9.17, 15) is 14.7 Å². The summed E-state index contributed by atoms with van der Waals surface area (Å²) < 4.78 is 11.7. The molecular formula is C24H28O5. The summed E-state index contributed by atoms with van der Waals surface area (Å²) in [5, 5.41) is 10.4. The highest BCUT2D eigenvalue weighted by atomic mass is 16.5. The van der Waals surface area contributed by atoms with E-state index in [0.29, 0.717) is 22.3 Å². The van der Waals surface area contributed by atoms with Gasteiger partial charge in [-0.15, -0.1) is 0 Å². The Morgan fingerprint density at radius 3 is 2.66 bits per heavy atom. The summed E-state index contributed by atoms with van der Waals surface area (Å²) in [4.78, 5) is 24.4. The first kappa shape index (κ1) is 20.9. The van der Waals surface area contributed by atoms with Gasteiger partial charge in [0.2, 0.25) is 0 Å². The molecule has 1 aromatic heterocycles. The molecule has 154 valence electrons. The molecule has 0 aliphatic carbocycles. The van der Waals surface area contributed by atoms with Gasteiger partial charge < -0.3 is 14.3 Å². The van der Waals surface area contributed by atoms with Gasteiger partial charge >= 0.3 is 5.63 Å². The average Bonchev–Trinajstić information content (AvgIpc) is 2.86. The summed E-state index contributed by atoms with van der Waals surface area (Å²) in [7, 11) is 0. The van der Waals surface area contributed by atoms with Crippen LogP contribution in [0.2, 0.25) is 0 Å². The van der Waals surface area contributed by atoms with Crippen molar-refractivity contribution in [2.24, 2.45) is 0 Å². The third-order valence-electron chi connectivity index (χ3n) is 5.63. The molecule has 0 fully saturated rings. The second kappa shape index (κ2) is 7.90. The first-order valence-electron chi connectivity index (χ1n) is 9.95. The highest BCUT2D eigenvalue weighted by molar-refractivity contribution is 6.00. The van der Waals surface area contributed by atoms with Crippen LogP contribution in [0.15, 0.2) is 50.7 Å². The lowest BCUT2D eigenvalue weighted by molar-refractivity contribution is -0.110. The predicted molar refractivity (Wildman–Crippen MR) is 114 cm³/mol. The van der Waals surface area contributed by atoms with Crippen LogP contribution in [-0.2, 0) is 4.79 Å². The molecule has 1 N–H and O–H groups in total. The van der Waals surface area contributed by atoms with E-state index in [2.05, 4.69) is 0 Å². The zero-order valence-electron chi connectivity index (χ0n) is 17.7. The summed E-state index contributed by atoms with van der Waals surface area (Å²) in [6.07, 6.45) is 5.67. The number of phenolic OH excluding ortho intramolecular Hbond substituents is 1. The molecule has 1 aliphatic rings. The molecule has 1 aliphatic heterocycles. The molecule has 2 atom stereocenters. The number of hydrogen-bond donors (Lipinski definition) is 1. The van der Waals surface area contributed by atoms with Crippen LogP contribution in [0.4, 0.5) is 0 Å². The van der Waals surface area contributed by atoms with Gasteiger partial charge in [-0.2, -0.15) is 0 Å². The maximum Gasteiger partial charge on any atom is 0.343 e. The normalized spacial score (nSPS) is 21.0. The second-order valence-corrected chi connectivity index (χ2v) is 8.42. The summed E-state index contributed by atoms with van der Waals surface area (Å²) in [6.45, 7) is 9.76. The van der Waals surface area contributed by atoms with Crippen LogP contribution in [0.1, 0.15) is 65.4 Å². The number of aromatic hydroxyl groups is 1. The highest BCUT2D eigenvalue weighted by Crippen LogP contribution is 2.48. The van der Waals surface area contributed by atoms with Crippen LogP contribution in [0.5, 0.6) is 11.5 Å². The van der Waals surface area contributed by atoms with Crippen LogP contribution >= 0.6 is 0 Å². The lowest BCUT2D eigenvalue weighted by Gasteiger charge is -2.28. The zero-order chi connectivity index (χ0) is 21.3. The number of fused-ring (bicyclic) bond motifs is 3. The molecule has 5 nitrogen and oxygen atoms in total. The number of ether oxygens (including phenoxy) is 1. The summed E-state index contributed by atoms with van der Waals surface area (Å²) in [5.74, 6) is 0.485. The largest absolute Gasteiger partial charge is 0.508 e. The fraction of sp³-hybridized carbons (Fsp3) is 0.417. The van der Waals surface area contributed by atoms with Gasteiger partial charge in [-0.25, -0.2) is 4.79 Å². The van der Waals surface area contributed by atoms with Gasteiger partial charge in [0.05, 0.1) is 10.9 Å². The molecule has 0 saturated carbocycles. The van der Waals surface area contributed by atoms with E-state index in [1.165, 1.54) is 6.07 Å². The third kappa shape index (κ3) is 4.29. The van der Waals surface area contributed by atoms with Gasteiger partial charge in [-0.1, -0.05) is 18.1 Å². The van der Waals surface area contributed by atoms with E-state index in [1.54, 1.807) is 24.3 Å². The fourth-order valence-corrected chi connectivity index (χ4v) is 3.91. The lowest BCUT2D eigenvalue weighted by atomic mass is 9.83. The monoisotopic (exact) mass is 396 g/mol.